The summed E-state index contributed by atoms with van der Waals surface area (Å²) < 4.78 is 5.56. The van der Waals surface area contributed by atoms with E-state index in [0.717, 1.165) is 13.1 Å². The summed E-state index contributed by atoms with van der Waals surface area (Å²) in [6.45, 7) is 2.99. The molecule has 1 fully saturated rings. The number of amides is 1. The number of nitrogen functional groups attached to an aromatic ring is 1. The molecule has 2 rings (SSSR count). The quantitative estimate of drug-likeness (QED) is 0.771. The van der Waals surface area contributed by atoms with E-state index in [1.165, 1.54) is 6.20 Å². The van der Waals surface area contributed by atoms with Crippen molar-refractivity contribution in [2.75, 3.05) is 39.0 Å². The second-order valence-corrected chi connectivity index (χ2v) is 4.44. The van der Waals surface area contributed by atoms with Crippen LogP contribution in [0.1, 0.15) is 10.4 Å². The first-order valence-electron chi connectivity index (χ1n) is 5.95. The van der Waals surface area contributed by atoms with Crippen molar-refractivity contribution in [3.05, 3.63) is 23.9 Å². The second kappa shape index (κ2) is 5.79. The molecular formula is C12H18N4O2. The fraction of sp³-hybridized carbons (Fsp3) is 0.500. The third kappa shape index (κ3) is 3.41. The largest absolute Gasteiger partial charge is 0.384 e. The molecule has 98 valence electrons. The molecule has 3 N–H and O–H groups in total. The molecule has 6 nitrogen and oxygen atoms in total. The van der Waals surface area contributed by atoms with Crippen LogP contribution < -0.4 is 11.1 Å². The summed E-state index contributed by atoms with van der Waals surface area (Å²) >= 11 is 0. The van der Waals surface area contributed by atoms with Crippen molar-refractivity contribution in [2.45, 2.75) is 6.10 Å². The SMILES string of the molecule is CN1CCO[C@@H](CNC(=O)c2ccc(N)nc2)C1. The van der Waals surface area contributed by atoms with Gasteiger partial charge in [-0.2, -0.15) is 0 Å². The lowest BCUT2D eigenvalue weighted by Gasteiger charge is -2.30. The number of hydrogen-bond donors (Lipinski definition) is 2. The molecule has 0 saturated carbocycles. The van der Waals surface area contributed by atoms with Gasteiger partial charge in [-0.25, -0.2) is 4.98 Å². The lowest BCUT2D eigenvalue weighted by molar-refractivity contribution is -0.0175. The van der Waals surface area contributed by atoms with Gasteiger partial charge in [-0.3, -0.25) is 4.79 Å². The van der Waals surface area contributed by atoms with Crippen LogP contribution in [0.3, 0.4) is 0 Å². The molecule has 1 aromatic heterocycles. The van der Waals surface area contributed by atoms with E-state index in [4.69, 9.17) is 10.5 Å². The average Bonchev–Trinajstić information content (AvgIpc) is 2.37. The molecule has 1 amide bonds. The third-order valence-electron chi connectivity index (χ3n) is 2.88. The highest BCUT2D eigenvalue weighted by molar-refractivity contribution is 5.94. The number of carbonyl (C=O) groups is 1. The number of anilines is 1. The summed E-state index contributed by atoms with van der Waals surface area (Å²) in [7, 11) is 2.04. The maximum Gasteiger partial charge on any atom is 0.252 e. The Morgan fingerprint density at radius 2 is 2.50 bits per heavy atom. The van der Waals surface area contributed by atoms with Crippen LogP contribution in [0.4, 0.5) is 5.82 Å². The molecule has 0 unspecified atom stereocenters. The van der Waals surface area contributed by atoms with E-state index >= 15 is 0 Å². The van der Waals surface area contributed by atoms with Crippen molar-refractivity contribution < 1.29 is 9.53 Å². The van der Waals surface area contributed by atoms with Crippen LogP contribution in [-0.2, 0) is 4.74 Å². The van der Waals surface area contributed by atoms with Gasteiger partial charge in [-0.1, -0.05) is 0 Å². The van der Waals surface area contributed by atoms with Gasteiger partial charge in [-0.15, -0.1) is 0 Å². The molecule has 2 heterocycles. The van der Waals surface area contributed by atoms with E-state index in [0.29, 0.717) is 24.5 Å². The van der Waals surface area contributed by atoms with Crippen LogP contribution in [-0.4, -0.2) is 55.2 Å². The summed E-state index contributed by atoms with van der Waals surface area (Å²) in [5.41, 5.74) is 5.97. The van der Waals surface area contributed by atoms with Gasteiger partial charge in [0, 0.05) is 25.8 Å². The van der Waals surface area contributed by atoms with E-state index in [1.807, 2.05) is 7.05 Å². The molecule has 1 aliphatic rings. The van der Waals surface area contributed by atoms with Gasteiger partial charge >= 0.3 is 0 Å². The Kier molecular flexibility index (Phi) is 4.11. The van der Waals surface area contributed by atoms with Crippen molar-refractivity contribution in [2.24, 2.45) is 0 Å². The van der Waals surface area contributed by atoms with E-state index in [1.54, 1.807) is 12.1 Å². The number of pyridine rings is 1. The van der Waals surface area contributed by atoms with Crippen LogP contribution in [0, 0.1) is 0 Å². The van der Waals surface area contributed by atoms with E-state index in [2.05, 4.69) is 15.2 Å². The predicted octanol–water partition coefficient (Wildman–Crippen LogP) is -0.276. The smallest absolute Gasteiger partial charge is 0.252 e. The Morgan fingerprint density at radius 3 is 3.17 bits per heavy atom. The summed E-state index contributed by atoms with van der Waals surface area (Å²) in [4.78, 5) is 17.9. The predicted molar refractivity (Wildman–Crippen MR) is 68.2 cm³/mol. The second-order valence-electron chi connectivity index (χ2n) is 4.44. The fourth-order valence-corrected chi connectivity index (χ4v) is 1.84. The number of aromatic nitrogens is 1. The molecule has 1 aromatic rings. The molecular weight excluding hydrogens is 232 g/mol. The lowest BCUT2D eigenvalue weighted by atomic mass is 10.2. The minimum atomic E-state index is -0.153. The van der Waals surface area contributed by atoms with Crippen LogP contribution in [0.2, 0.25) is 0 Å². The third-order valence-corrected chi connectivity index (χ3v) is 2.88. The zero-order chi connectivity index (χ0) is 13.0. The zero-order valence-corrected chi connectivity index (χ0v) is 10.4. The normalized spacial score (nSPS) is 20.6. The number of rotatable bonds is 3. The number of likely N-dealkylation sites (N-methyl/N-ethyl adjacent to an activating group) is 1. The fourth-order valence-electron chi connectivity index (χ4n) is 1.84. The zero-order valence-electron chi connectivity index (χ0n) is 10.4. The highest BCUT2D eigenvalue weighted by Crippen LogP contribution is 2.03. The van der Waals surface area contributed by atoms with Crippen molar-refractivity contribution in [1.29, 1.82) is 0 Å². The standard InChI is InChI=1S/C12H18N4O2/c1-16-4-5-18-10(8-16)7-15-12(17)9-2-3-11(13)14-6-9/h2-3,6,10H,4-5,7-8H2,1H3,(H2,13,14)(H,15,17)/t10-/m0/s1. The van der Waals surface area contributed by atoms with Gasteiger partial charge < -0.3 is 20.7 Å². The van der Waals surface area contributed by atoms with E-state index in [-0.39, 0.29) is 12.0 Å². The first kappa shape index (κ1) is 12.8. The molecule has 0 bridgehead atoms. The van der Waals surface area contributed by atoms with Crippen molar-refractivity contribution in [3.63, 3.8) is 0 Å². The molecule has 0 spiro atoms. The number of morpholine rings is 1. The Bertz CT molecular complexity index is 407. The molecule has 1 atom stereocenters. The molecule has 18 heavy (non-hydrogen) atoms. The Labute approximate surface area is 106 Å². The van der Waals surface area contributed by atoms with Gasteiger partial charge in [0.2, 0.25) is 0 Å². The van der Waals surface area contributed by atoms with Crippen molar-refractivity contribution >= 4 is 11.7 Å². The summed E-state index contributed by atoms with van der Waals surface area (Å²) in [6.07, 6.45) is 1.52. The maximum absolute atomic E-state index is 11.8. The summed E-state index contributed by atoms with van der Waals surface area (Å²) in [5.74, 6) is 0.253. The van der Waals surface area contributed by atoms with Crippen LogP contribution in [0.5, 0.6) is 0 Å². The van der Waals surface area contributed by atoms with Gasteiger partial charge in [0.1, 0.15) is 5.82 Å². The summed E-state index contributed by atoms with van der Waals surface area (Å²) in [6, 6.07) is 3.27. The molecule has 0 aliphatic carbocycles. The molecule has 1 aliphatic heterocycles. The number of hydrogen-bond acceptors (Lipinski definition) is 5. The van der Waals surface area contributed by atoms with Gasteiger partial charge in [0.15, 0.2) is 0 Å². The van der Waals surface area contributed by atoms with Gasteiger partial charge in [-0.05, 0) is 19.2 Å². The van der Waals surface area contributed by atoms with Crippen molar-refractivity contribution in [1.82, 2.24) is 15.2 Å². The maximum atomic E-state index is 11.8. The average molecular weight is 250 g/mol. The first-order valence-corrected chi connectivity index (χ1v) is 5.95. The lowest BCUT2D eigenvalue weighted by Crippen LogP contribution is -2.45. The Morgan fingerprint density at radius 1 is 1.67 bits per heavy atom. The van der Waals surface area contributed by atoms with Gasteiger partial charge in [0.05, 0.1) is 18.3 Å². The van der Waals surface area contributed by atoms with Crippen LogP contribution in [0.15, 0.2) is 18.3 Å². The minimum absolute atomic E-state index is 0.0504. The number of nitrogens with two attached hydrogens (primary N) is 1. The Hall–Kier alpha value is -1.66. The highest BCUT2D eigenvalue weighted by atomic mass is 16.5. The topological polar surface area (TPSA) is 80.5 Å². The van der Waals surface area contributed by atoms with E-state index in [9.17, 15) is 4.79 Å². The van der Waals surface area contributed by atoms with E-state index < -0.39 is 0 Å². The molecule has 0 aromatic carbocycles. The van der Waals surface area contributed by atoms with Crippen LogP contribution >= 0.6 is 0 Å². The highest BCUT2D eigenvalue weighted by Gasteiger charge is 2.18. The monoisotopic (exact) mass is 250 g/mol. The molecule has 0 radical (unpaired) electrons. The number of ether oxygens (including phenoxy) is 1. The first-order chi connectivity index (χ1) is 8.65. The summed E-state index contributed by atoms with van der Waals surface area (Å²) in [5, 5.41) is 2.84. The minimum Gasteiger partial charge on any atom is -0.384 e. The number of nitrogens with zero attached hydrogens (tertiary/aromatic N) is 2. The van der Waals surface area contributed by atoms with Crippen LogP contribution in [0.25, 0.3) is 0 Å². The molecule has 1 saturated heterocycles. The molecule has 6 heteroatoms. The Balaban J connectivity index is 1.82. The number of nitrogens with one attached hydrogen (secondary N) is 1. The van der Waals surface area contributed by atoms with Gasteiger partial charge in [0.25, 0.3) is 5.91 Å². The number of carbonyl (C=O) groups excluding carboxylic acids is 1. The van der Waals surface area contributed by atoms with Crippen molar-refractivity contribution in [3.8, 4) is 0 Å².